The van der Waals surface area contributed by atoms with E-state index in [1.54, 1.807) is 10.8 Å². The van der Waals surface area contributed by atoms with Gasteiger partial charge in [0.15, 0.2) is 0 Å². The molecule has 0 aliphatic heterocycles. The zero-order valence-corrected chi connectivity index (χ0v) is 96.9. The van der Waals surface area contributed by atoms with Gasteiger partial charge in [-0.3, -0.25) is 29.0 Å². The van der Waals surface area contributed by atoms with Crippen molar-refractivity contribution in [2.24, 2.45) is 0 Å². The summed E-state index contributed by atoms with van der Waals surface area (Å²) in [6.45, 7) is 2.19. The number of carbonyl (C=O) groups is 6. The minimum Gasteiger partial charge on any atom is -0.550 e. The zero-order chi connectivity index (χ0) is 100.0. The van der Waals surface area contributed by atoms with E-state index in [0.29, 0.717) is 37.9 Å². The molecule has 5 N–H and O–H groups in total. The summed E-state index contributed by atoms with van der Waals surface area (Å²) in [7, 11) is 15.1. The van der Waals surface area contributed by atoms with Crippen LogP contribution in [0.2, 0.25) is 0 Å². The second-order valence-electron chi connectivity index (χ2n) is 32.3. The molecule has 762 valence electrons. The van der Waals surface area contributed by atoms with Crippen molar-refractivity contribution in [2.45, 2.75) is 280 Å². The van der Waals surface area contributed by atoms with E-state index in [1.165, 1.54) is 62.6 Å². The van der Waals surface area contributed by atoms with Crippen LogP contribution in [0.1, 0.15) is 233 Å². The molecule has 0 saturated heterocycles. The molecule has 6 atom stereocenters. The van der Waals surface area contributed by atoms with Gasteiger partial charge >= 0.3 is 59.4 Å². The van der Waals surface area contributed by atoms with Gasteiger partial charge in [0, 0.05) is 144 Å². The van der Waals surface area contributed by atoms with E-state index >= 15 is 0 Å². The molecule has 0 fully saturated rings. The first kappa shape index (κ1) is 130. The van der Waals surface area contributed by atoms with Crippen molar-refractivity contribution >= 4 is 217 Å². The van der Waals surface area contributed by atoms with Crippen LogP contribution in [0.3, 0.4) is 0 Å². The summed E-state index contributed by atoms with van der Waals surface area (Å²) in [4.78, 5) is 74.7. The minimum atomic E-state index is -0.927. The Bertz CT molecular complexity index is 4320. The summed E-state index contributed by atoms with van der Waals surface area (Å²) < 4.78 is 0. The van der Waals surface area contributed by atoms with Gasteiger partial charge in [0.2, 0.25) is 0 Å². The van der Waals surface area contributed by atoms with Crippen LogP contribution in [0.4, 0.5) is 0 Å². The molecule has 0 amide bonds. The fraction of sp³-hybridized carbons (Fsp3) is 0.468. The number of unbranched alkanes of at least 4 members (excludes halogenated alkanes) is 6. The second-order valence-corrected chi connectivity index (χ2v) is 51.8. The Kier molecular flexibility index (Phi) is 86.3. The third-order valence-corrected chi connectivity index (χ3v) is 39.9. The molecule has 14 nitrogen and oxygen atoms in total. The molecular formula is C109H147N2NaO12S16. The quantitative estimate of drug-likeness (QED) is 0.00681. The zero-order valence-electron chi connectivity index (χ0n) is 81.8. The summed E-state index contributed by atoms with van der Waals surface area (Å²) in [6, 6.07) is 85.7. The van der Waals surface area contributed by atoms with E-state index in [2.05, 4.69) is 230 Å². The molecule has 140 heavy (non-hydrogen) atoms. The maximum Gasteiger partial charge on any atom is 1.00 e. The molecule has 31 heteroatoms. The number of pyridine rings is 2. The predicted octanol–water partition coefficient (Wildman–Crippen LogP) is 29.4. The number of nitrogens with zero attached hydrogens (tertiary/aromatic N) is 2. The van der Waals surface area contributed by atoms with Crippen molar-refractivity contribution in [3.63, 3.8) is 0 Å². The van der Waals surface area contributed by atoms with Gasteiger partial charge < -0.3 is 35.4 Å². The van der Waals surface area contributed by atoms with Gasteiger partial charge in [0.1, 0.15) is 5.03 Å². The van der Waals surface area contributed by atoms with Crippen molar-refractivity contribution in [1.29, 1.82) is 0 Å². The fourth-order valence-electron chi connectivity index (χ4n) is 13.3. The standard InChI is InChI=1S/C22H28O2S4.C21H26O2S3.C19H24N2O2S3.2C16H24O2S2.C15H22O2S2.Na/c23-22(24)14-8-7-13-21(28-27-18-20-11-5-2-6-12-20)15-16-25-26-17-19-9-3-1-4-10-19;22-21(23)14-8-7-11-19(24-17-18-9-3-1-4-10-18)15-16-25-26-20-12-5-2-6-13-20;22-19(23)10-2-1-8-17(24-15-16-7-3-5-12-20-16)11-14-25-26-18-9-4-6-13-21-18;1-19-15(9-5-6-10-16(17)18)11-12-20-13-14-7-3-2-4-8-14;1-2-19-15(10-6-7-11-16(17)18)12-13-20-14-8-4-3-5-9-14;16-15(17)9-5-4-8-14(10-11-18)19-12-13-6-2-1-3-7-13;/h1-6,9-12,21H,7-8,13-18H2,(H,23,24);1-6,9-10,12-13,19H,7-8,11,14-17H2,(H,22,23);3-7,9,12-13,17H,1-2,8,10-11,14-15H2,(H,22,23);2-4,7-8,15H,5-6,9-13H2,1H3,(H,17,18);3-5,8-9,15H,2,6-7,10-13H2,1H3,(H,17,18);1-3,6-7,14,18H,4-5,8-12H2,(H,16,17);/q;;;;;;+1/p-1. The van der Waals surface area contributed by atoms with Crippen LogP contribution in [-0.2, 0) is 63.3 Å². The summed E-state index contributed by atoms with van der Waals surface area (Å²) in [5, 5.41) is 58.7. The van der Waals surface area contributed by atoms with Crippen LogP contribution in [-0.4, -0.2) is 149 Å². The Morgan fingerprint density at radius 2 is 0.657 bits per heavy atom. The first-order chi connectivity index (χ1) is 67.9. The summed E-state index contributed by atoms with van der Waals surface area (Å²) >= 11 is 18.0. The number of hydrogen-bond acceptors (Lipinski definition) is 25. The van der Waals surface area contributed by atoms with Crippen LogP contribution in [0.25, 0.3) is 0 Å². The number of benzene rings is 7. The van der Waals surface area contributed by atoms with Crippen molar-refractivity contribution < 1.29 is 89.0 Å². The maximum atomic E-state index is 10.7. The molecule has 6 unspecified atom stereocenters. The number of rotatable bonds is 73. The molecule has 0 radical (unpaired) electrons. The molecule has 2 heterocycles. The largest absolute Gasteiger partial charge is 1.00 e. The van der Waals surface area contributed by atoms with Crippen molar-refractivity contribution in [3.8, 4) is 0 Å². The normalized spacial score (nSPS) is 12.0. The molecular weight excluding hydrogens is 2070 g/mol. The number of thioether (sulfide) groups is 7. The Morgan fingerprint density at radius 1 is 0.314 bits per heavy atom. The molecule has 0 aliphatic rings. The number of carboxylic acids is 6. The van der Waals surface area contributed by atoms with Gasteiger partial charge in [-0.2, -0.15) is 83.2 Å². The summed E-state index contributed by atoms with van der Waals surface area (Å²) in [5.41, 5.74) is 7.92. The number of thiol groups is 1. The van der Waals surface area contributed by atoms with Crippen LogP contribution >= 0.6 is 181 Å². The van der Waals surface area contributed by atoms with Crippen LogP contribution in [0.15, 0.2) is 276 Å². The third kappa shape index (κ3) is 78.5. The average molecular weight is 2210 g/mol. The number of aromatic nitrogens is 2. The van der Waals surface area contributed by atoms with Crippen LogP contribution in [0.5, 0.6) is 0 Å². The monoisotopic (exact) mass is 2210 g/mol. The molecule has 2 aromatic heterocycles. The fourth-order valence-corrected chi connectivity index (χ4v) is 31.3. The Hall–Kier alpha value is -3.74. The second kappa shape index (κ2) is 92.6. The summed E-state index contributed by atoms with van der Waals surface area (Å²) in [6.07, 6.45) is 31.6. The van der Waals surface area contributed by atoms with E-state index in [-0.39, 0.29) is 61.7 Å². The Morgan fingerprint density at radius 3 is 1.07 bits per heavy atom. The van der Waals surface area contributed by atoms with Gasteiger partial charge in [-0.1, -0.05) is 321 Å². The number of carbonyl (C=O) groups excluding carboxylic acids is 1. The average Bonchev–Trinajstić information content (AvgIpc) is 0.898. The van der Waals surface area contributed by atoms with Crippen LogP contribution in [0, 0.1) is 0 Å². The maximum absolute atomic E-state index is 10.7. The molecule has 0 spiro atoms. The van der Waals surface area contributed by atoms with Gasteiger partial charge in [-0.15, -0.1) is 11.8 Å². The van der Waals surface area contributed by atoms with Crippen molar-refractivity contribution in [1.82, 2.24) is 9.97 Å². The molecule has 0 aliphatic carbocycles. The molecule has 0 bridgehead atoms. The third-order valence-electron chi connectivity index (χ3n) is 20.8. The van der Waals surface area contributed by atoms with E-state index < -0.39 is 35.8 Å². The molecule has 0 saturated carbocycles. The van der Waals surface area contributed by atoms with Crippen molar-refractivity contribution in [3.05, 3.63) is 295 Å². The van der Waals surface area contributed by atoms with E-state index in [4.69, 9.17) is 25.5 Å². The first-order valence-corrected chi connectivity index (χ1v) is 66.0. The summed E-state index contributed by atoms with van der Waals surface area (Å²) in [5.74, 6) is 9.38. The van der Waals surface area contributed by atoms with Crippen molar-refractivity contribution in [2.75, 3.05) is 46.5 Å². The van der Waals surface area contributed by atoms with Gasteiger partial charge in [-0.05, 0) is 238 Å². The topological polar surface area (TPSA) is 252 Å². The number of carboxylic acid groups (broad SMARTS) is 6. The molecule has 9 rings (SSSR count). The SMILES string of the molecule is CCSC(CCCCC(=O)O)CCSc1ccccc1.CSC(CCCCC(=O)[O-])CCSCc1ccccc1.O=C(O)CCCCC(CCS)SCc1ccccc1.O=C(O)CCCCC(CCSSCc1ccccc1)SSCc1ccccc1.O=C(O)CCCCC(CCSSc1ccccc1)SCc1ccccc1.O=C(O)CCCCC(CCSSc1ccccn1)SCc1ccccn1.[Na+]. The predicted molar refractivity (Wildman–Crippen MR) is 624 cm³/mol. The number of aliphatic carboxylic acids is 6. The van der Waals surface area contributed by atoms with E-state index in [0.717, 1.165) is 215 Å². The first-order valence-electron chi connectivity index (χ1n) is 48.2. The Labute approximate surface area is 927 Å². The molecule has 7 aromatic carbocycles. The van der Waals surface area contributed by atoms with Crippen LogP contribution < -0.4 is 34.7 Å². The minimum absolute atomic E-state index is 0. The van der Waals surface area contributed by atoms with E-state index in [1.807, 2.05) is 225 Å². The van der Waals surface area contributed by atoms with Gasteiger partial charge in [0.25, 0.3) is 0 Å². The Balaban J connectivity index is 0.000000434. The number of hydrogen-bond donors (Lipinski definition) is 6. The van der Waals surface area contributed by atoms with E-state index in [9.17, 15) is 33.9 Å². The smallest absolute Gasteiger partial charge is 0.550 e. The van der Waals surface area contributed by atoms with Gasteiger partial charge in [-0.25, -0.2) is 4.98 Å². The van der Waals surface area contributed by atoms with Gasteiger partial charge in [0.05, 0.1) is 5.69 Å². The molecule has 9 aromatic rings.